The molecule has 0 aromatic heterocycles. The first-order valence-electron chi connectivity index (χ1n) is 10.9. The summed E-state index contributed by atoms with van der Waals surface area (Å²) < 4.78 is 11.2. The summed E-state index contributed by atoms with van der Waals surface area (Å²) in [5.74, 6) is 0.819. The summed E-state index contributed by atoms with van der Waals surface area (Å²) in [4.78, 5) is 13.8. The summed E-state index contributed by atoms with van der Waals surface area (Å²) in [7, 11) is 0. The van der Waals surface area contributed by atoms with Gasteiger partial charge in [-0.3, -0.25) is 0 Å². The van der Waals surface area contributed by atoms with Gasteiger partial charge in [-0.2, -0.15) is 0 Å². The van der Waals surface area contributed by atoms with Gasteiger partial charge in [0.05, 0.1) is 19.3 Å². The lowest BCUT2D eigenvalue weighted by Gasteiger charge is -2.36. The second kappa shape index (κ2) is 10.5. The zero-order valence-electron chi connectivity index (χ0n) is 18.7. The first-order valence-corrected chi connectivity index (χ1v) is 10.9. The fraction of sp³-hybridized carbons (Fsp3) is 0.423. The van der Waals surface area contributed by atoms with E-state index in [-0.39, 0.29) is 18.6 Å². The van der Waals surface area contributed by atoms with Crippen LogP contribution in [0.1, 0.15) is 50.7 Å². The molecule has 31 heavy (non-hydrogen) atoms. The molecule has 5 heteroatoms. The maximum Gasteiger partial charge on any atom is 0.410 e. The Balaban J connectivity index is 1.45. The fourth-order valence-electron chi connectivity index (χ4n) is 3.65. The van der Waals surface area contributed by atoms with Crippen LogP contribution < -0.4 is 4.74 Å². The Bertz CT molecular complexity index is 855. The molecule has 0 saturated carbocycles. The Morgan fingerprint density at radius 1 is 1.13 bits per heavy atom. The smallest absolute Gasteiger partial charge is 0.410 e. The highest BCUT2D eigenvalue weighted by molar-refractivity contribution is 5.68. The predicted molar refractivity (Wildman–Crippen MR) is 123 cm³/mol. The van der Waals surface area contributed by atoms with Crippen molar-refractivity contribution in [3.8, 4) is 5.75 Å². The van der Waals surface area contributed by atoms with Crippen LogP contribution in [0.2, 0.25) is 0 Å². The standard InChI is InChI=1S/C26H33NO4/c1-26(2,3)31-25(29)27-17-16-23(24(28)19-27)21-12-14-22(15-13-21)30-18-8-7-11-20-9-5-4-6-10-20/h4-7,9-15,23-24,28H,8,16-19H2,1-3H3. The molecule has 0 spiro atoms. The van der Waals surface area contributed by atoms with E-state index in [1.54, 1.807) is 4.90 Å². The minimum atomic E-state index is -0.615. The molecule has 0 bridgehead atoms. The Morgan fingerprint density at radius 2 is 1.84 bits per heavy atom. The first-order chi connectivity index (χ1) is 14.8. The number of aliphatic hydroxyl groups excluding tert-OH is 1. The van der Waals surface area contributed by atoms with Gasteiger partial charge in [0, 0.05) is 12.5 Å². The SMILES string of the molecule is CC(C)(C)OC(=O)N1CCC(c2ccc(OCCC=Cc3ccccc3)cc2)C(O)C1. The first kappa shape index (κ1) is 22.9. The summed E-state index contributed by atoms with van der Waals surface area (Å²) in [6.07, 6.45) is 4.76. The van der Waals surface area contributed by atoms with Crippen LogP contribution >= 0.6 is 0 Å². The van der Waals surface area contributed by atoms with Crippen LogP contribution in [0.25, 0.3) is 6.08 Å². The molecule has 2 aromatic rings. The quantitative estimate of drug-likeness (QED) is 0.645. The number of piperidine rings is 1. The zero-order valence-corrected chi connectivity index (χ0v) is 18.7. The number of ether oxygens (including phenoxy) is 2. The number of likely N-dealkylation sites (tertiary alicyclic amines) is 1. The van der Waals surface area contributed by atoms with Crippen LogP contribution in [0.3, 0.4) is 0 Å². The van der Waals surface area contributed by atoms with Crippen molar-refractivity contribution in [1.82, 2.24) is 4.90 Å². The largest absolute Gasteiger partial charge is 0.493 e. The van der Waals surface area contributed by atoms with Crippen molar-refractivity contribution in [3.05, 3.63) is 71.8 Å². The highest BCUT2D eigenvalue weighted by Gasteiger charge is 2.33. The molecule has 3 rings (SSSR count). The number of β-amino-alcohol motifs (C(OH)–C–C–N with tert-alkyl or cyclic N) is 1. The molecule has 0 radical (unpaired) electrons. The van der Waals surface area contributed by atoms with E-state index in [2.05, 4.69) is 24.3 Å². The Hall–Kier alpha value is -2.79. The second-order valence-electron chi connectivity index (χ2n) is 8.91. The lowest BCUT2D eigenvalue weighted by Crippen LogP contribution is -2.47. The number of carbonyl (C=O) groups excluding carboxylic acids is 1. The van der Waals surface area contributed by atoms with Gasteiger partial charge in [-0.15, -0.1) is 0 Å². The topological polar surface area (TPSA) is 59.0 Å². The number of rotatable bonds is 6. The number of carbonyl (C=O) groups is 1. The molecule has 166 valence electrons. The van der Waals surface area contributed by atoms with Gasteiger partial charge in [0.25, 0.3) is 0 Å². The highest BCUT2D eigenvalue weighted by Crippen LogP contribution is 2.30. The lowest BCUT2D eigenvalue weighted by atomic mass is 9.87. The van der Waals surface area contributed by atoms with Gasteiger partial charge >= 0.3 is 6.09 Å². The van der Waals surface area contributed by atoms with Crippen LogP contribution in [0.4, 0.5) is 4.79 Å². The van der Waals surface area contributed by atoms with E-state index in [0.717, 1.165) is 17.7 Å². The number of nitrogens with zero attached hydrogens (tertiary/aromatic N) is 1. The van der Waals surface area contributed by atoms with E-state index in [9.17, 15) is 9.90 Å². The van der Waals surface area contributed by atoms with Crippen molar-refractivity contribution >= 4 is 12.2 Å². The second-order valence-corrected chi connectivity index (χ2v) is 8.91. The van der Waals surface area contributed by atoms with Gasteiger partial charge in [0.1, 0.15) is 11.4 Å². The Morgan fingerprint density at radius 3 is 2.48 bits per heavy atom. The molecule has 1 N–H and O–H groups in total. The van der Waals surface area contributed by atoms with Crippen molar-refractivity contribution in [3.63, 3.8) is 0 Å². The number of hydrogen-bond donors (Lipinski definition) is 1. The van der Waals surface area contributed by atoms with E-state index < -0.39 is 11.7 Å². The number of hydrogen-bond acceptors (Lipinski definition) is 4. The molecule has 5 nitrogen and oxygen atoms in total. The molecule has 0 aliphatic carbocycles. The average Bonchev–Trinajstić information content (AvgIpc) is 2.73. The third kappa shape index (κ3) is 7.14. The normalized spacial score (nSPS) is 19.4. The van der Waals surface area contributed by atoms with Gasteiger partial charge in [-0.05, 0) is 56.9 Å². The van der Waals surface area contributed by atoms with Gasteiger partial charge in [0.2, 0.25) is 0 Å². The van der Waals surface area contributed by atoms with Gasteiger partial charge in [-0.25, -0.2) is 4.79 Å². The fourth-order valence-corrected chi connectivity index (χ4v) is 3.65. The average molecular weight is 424 g/mol. The van der Waals surface area contributed by atoms with Crippen LogP contribution in [-0.2, 0) is 4.74 Å². The molecular weight excluding hydrogens is 390 g/mol. The lowest BCUT2D eigenvalue weighted by molar-refractivity contribution is -0.00152. The van der Waals surface area contributed by atoms with Crippen LogP contribution in [0.15, 0.2) is 60.7 Å². The molecule has 1 fully saturated rings. The Kier molecular flexibility index (Phi) is 7.75. The molecule has 1 heterocycles. The van der Waals surface area contributed by atoms with Crippen LogP contribution in [0.5, 0.6) is 5.75 Å². The third-order valence-corrected chi connectivity index (χ3v) is 5.20. The molecule has 1 aliphatic heterocycles. The summed E-state index contributed by atoms with van der Waals surface area (Å²) >= 11 is 0. The van der Waals surface area contributed by atoms with Crippen molar-refractivity contribution < 1.29 is 19.4 Å². The van der Waals surface area contributed by atoms with E-state index in [4.69, 9.17) is 9.47 Å². The van der Waals surface area contributed by atoms with Crippen molar-refractivity contribution in [2.24, 2.45) is 0 Å². The molecule has 2 unspecified atom stereocenters. The summed E-state index contributed by atoms with van der Waals surface area (Å²) in [5.41, 5.74) is 1.71. The van der Waals surface area contributed by atoms with Gasteiger partial charge in [0.15, 0.2) is 0 Å². The maximum atomic E-state index is 12.2. The summed E-state index contributed by atoms with van der Waals surface area (Å²) in [6, 6.07) is 18.1. The number of aliphatic hydroxyl groups is 1. The maximum absolute atomic E-state index is 12.2. The number of amides is 1. The van der Waals surface area contributed by atoms with Crippen LogP contribution in [-0.4, -0.2) is 47.5 Å². The van der Waals surface area contributed by atoms with Crippen molar-refractivity contribution in [1.29, 1.82) is 0 Å². The molecule has 2 atom stereocenters. The van der Waals surface area contributed by atoms with E-state index in [1.165, 1.54) is 5.56 Å². The van der Waals surface area contributed by atoms with Gasteiger partial charge in [-0.1, -0.05) is 54.6 Å². The number of benzene rings is 2. The van der Waals surface area contributed by atoms with E-state index in [0.29, 0.717) is 19.6 Å². The van der Waals surface area contributed by atoms with E-state index in [1.807, 2.05) is 63.2 Å². The molecule has 1 amide bonds. The third-order valence-electron chi connectivity index (χ3n) is 5.20. The highest BCUT2D eigenvalue weighted by atomic mass is 16.6. The molecule has 1 saturated heterocycles. The predicted octanol–water partition coefficient (Wildman–Crippen LogP) is 5.25. The van der Waals surface area contributed by atoms with E-state index >= 15 is 0 Å². The van der Waals surface area contributed by atoms with Crippen molar-refractivity contribution in [2.45, 2.75) is 51.2 Å². The zero-order chi connectivity index (χ0) is 22.3. The minimum absolute atomic E-state index is 0.00143. The minimum Gasteiger partial charge on any atom is -0.493 e. The molecule has 1 aliphatic rings. The monoisotopic (exact) mass is 423 g/mol. The van der Waals surface area contributed by atoms with Crippen molar-refractivity contribution in [2.75, 3.05) is 19.7 Å². The Labute approximate surface area is 185 Å². The summed E-state index contributed by atoms with van der Waals surface area (Å²) in [6.45, 7) is 7.00. The van der Waals surface area contributed by atoms with Crippen LogP contribution in [0, 0.1) is 0 Å². The molecule has 2 aromatic carbocycles. The molecular formula is C26H33NO4. The van der Waals surface area contributed by atoms with Gasteiger partial charge < -0.3 is 19.5 Å². The summed E-state index contributed by atoms with van der Waals surface area (Å²) in [5, 5.41) is 10.6.